The van der Waals surface area contributed by atoms with Crippen molar-refractivity contribution in [1.29, 1.82) is 0 Å². The minimum Gasteiger partial charge on any atom is -0.496 e. The lowest BCUT2D eigenvalue weighted by atomic mass is 9.95. The molecule has 0 saturated heterocycles. The van der Waals surface area contributed by atoms with Gasteiger partial charge in [-0.25, -0.2) is 0 Å². The van der Waals surface area contributed by atoms with Crippen LogP contribution in [0.5, 0.6) is 5.75 Å². The molecule has 0 aromatic heterocycles. The number of rotatable bonds is 8. The fraction of sp³-hybridized carbons (Fsp3) is 0.647. The zero-order valence-electron chi connectivity index (χ0n) is 13.2. The summed E-state index contributed by atoms with van der Waals surface area (Å²) in [5.41, 5.74) is 3.87. The van der Waals surface area contributed by atoms with E-state index in [1.165, 1.54) is 36.0 Å². The second-order valence-electron chi connectivity index (χ2n) is 5.28. The molecule has 1 rings (SSSR count). The Bertz CT molecular complexity index is 379. The van der Waals surface area contributed by atoms with Gasteiger partial charge in [0.25, 0.3) is 0 Å². The molecule has 2 nitrogen and oxygen atoms in total. The molecule has 1 aromatic carbocycles. The Kier molecular flexibility index (Phi) is 6.93. The van der Waals surface area contributed by atoms with E-state index in [9.17, 15) is 0 Å². The van der Waals surface area contributed by atoms with E-state index < -0.39 is 0 Å². The summed E-state index contributed by atoms with van der Waals surface area (Å²) in [4.78, 5) is 0. The van der Waals surface area contributed by atoms with Crippen LogP contribution in [-0.4, -0.2) is 13.7 Å². The molecule has 0 heterocycles. The van der Waals surface area contributed by atoms with Gasteiger partial charge in [-0.15, -0.1) is 0 Å². The van der Waals surface area contributed by atoms with E-state index >= 15 is 0 Å². The van der Waals surface area contributed by atoms with Crippen molar-refractivity contribution >= 4 is 0 Å². The van der Waals surface area contributed by atoms with E-state index in [2.05, 4.69) is 45.1 Å². The lowest BCUT2D eigenvalue weighted by Crippen LogP contribution is -2.23. The average molecular weight is 263 g/mol. The molecule has 108 valence electrons. The third-order valence-electron chi connectivity index (χ3n) is 3.77. The molecule has 0 aliphatic rings. The second kappa shape index (κ2) is 8.21. The highest BCUT2D eigenvalue weighted by atomic mass is 16.5. The van der Waals surface area contributed by atoms with Gasteiger partial charge in [0.2, 0.25) is 0 Å². The van der Waals surface area contributed by atoms with Crippen LogP contribution in [0.3, 0.4) is 0 Å². The second-order valence-corrected chi connectivity index (χ2v) is 5.28. The standard InChI is InChI=1S/C17H29NO/c1-6-8-9-16(18-12-7-2)15-11-10-13(3)14(4)17(15)19-5/h10-11,16,18H,6-9,12H2,1-5H3. The van der Waals surface area contributed by atoms with Crippen molar-refractivity contribution in [2.45, 2.75) is 59.4 Å². The van der Waals surface area contributed by atoms with Gasteiger partial charge in [-0.3, -0.25) is 0 Å². The molecule has 0 radical (unpaired) electrons. The van der Waals surface area contributed by atoms with Gasteiger partial charge in [0, 0.05) is 11.6 Å². The molecule has 0 saturated carbocycles. The summed E-state index contributed by atoms with van der Waals surface area (Å²) < 4.78 is 5.66. The Hall–Kier alpha value is -1.02. The summed E-state index contributed by atoms with van der Waals surface area (Å²) >= 11 is 0. The third kappa shape index (κ3) is 4.24. The third-order valence-corrected chi connectivity index (χ3v) is 3.77. The van der Waals surface area contributed by atoms with E-state index in [0.717, 1.165) is 18.7 Å². The number of ether oxygens (including phenoxy) is 1. The molecule has 1 atom stereocenters. The first-order chi connectivity index (χ1) is 9.15. The SMILES string of the molecule is CCCCC(NCCC)c1ccc(C)c(C)c1OC. The summed E-state index contributed by atoms with van der Waals surface area (Å²) in [5, 5.41) is 3.66. The Balaban J connectivity index is 3.02. The van der Waals surface area contributed by atoms with Crippen molar-refractivity contribution in [3.8, 4) is 5.75 Å². The van der Waals surface area contributed by atoms with Crippen molar-refractivity contribution in [1.82, 2.24) is 5.32 Å². The lowest BCUT2D eigenvalue weighted by molar-refractivity contribution is 0.389. The maximum Gasteiger partial charge on any atom is 0.126 e. The maximum atomic E-state index is 5.66. The molecule has 1 N–H and O–H groups in total. The van der Waals surface area contributed by atoms with Crippen molar-refractivity contribution in [3.05, 3.63) is 28.8 Å². The number of unbranched alkanes of at least 4 members (excludes halogenated alkanes) is 1. The Morgan fingerprint density at radius 2 is 1.89 bits per heavy atom. The summed E-state index contributed by atoms with van der Waals surface area (Å²) in [6, 6.07) is 4.85. The fourth-order valence-electron chi connectivity index (χ4n) is 2.45. The molecule has 0 amide bonds. The predicted octanol–water partition coefficient (Wildman–Crippen LogP) is 4.54. The summed E-state index contributed by atoms with van der Waals surface area (Å²) in [7, 11) is 1.78. The average Bonchev–Trinajstić information content (AvgIpc) is 2.42. The molecule has 0 spiro atoms. The highest BCUT2D eigenvalue weighted by molar-refractivity contribution is 5.46. The fourth-order valence-corrected chi connectivity index (χ4v) is 2.45. The summed E-state index contributed by atoms with van der Waals surface area (Å²) in [6.45, 7) is 9.80. The van der Waals surface area contributed by atoms with Crippen molar-refractivity contribution in [2.75, 3.05) is 13.7 Å². The zero-order chi connectivity index (χ0) is 14.3. The first-order valence-corrected chi connectivity index (χ1v) is 7.53. The van der Waals surface area contributed by atoms with Crippen LogP contribution in [0.2, 0.25) is 0 Å². The van der Waals surface area contributed by atoms with Crippen LogP contribution in [0.15, 0.2) is 12.1 Å². The van der Waals surface area contributed by atoms with E-state index in [1.54, 1.807) is 7.11 Å². The number of nitrogens with one attached hydrogen (secondary N) is 1. The molecule has 0 bridgehead atoms. The van der Waals surface area contributed by atoms with Crippen LogP contribution in [0, 0.1) is 13.8 Å². The molecule has 19 heavy (non-hydrogen) atoms. The summed E-state index contributed by atoms with van der Waals surface area (Å²) in [6.07, 6.45) is 4.82. The monoisotopic (exact) mass is 263 g/mol. The molecule has 1 aromatic rings. The normalized spacial score (nSPS) is 12.5. The predicted molar refractivity (Wildman–Crippen MR) is 83.0 cm³/mol. The van der Waals surface area contributed by atoms with Gasteiger partial charge in [-0.2, -0.15) is 0 Å². The molecule has 1 unspecified atom stereocenters. The minimum absolute atomic E-state index is 0.411. The van der Waals surface area contributed by atoms with Gasteiger partial charge in [0.1, 0.15) is 5.75 Å². The number of benzene rings is 1. The van der Waals surface area contributed by atoms with Crippen LogP contribution < -0.4 is 10.1 Å². The largest absolute Gasteiger partial charge is 0.496 e. The van der Waals surface area contributed by atoms with Crippen LogP contribution in [0.25, 0.3) is 0 Å². The van der Waals surface area contributed by atoms with Gasteiger partial charge >= 0.3 is 0 Å². The highest BCUT2D eigenvalue weighted by Crippen LogP contribution is 2.33. The molecule has 0 fully saturated rings. The van der Waals surface area contributed by atoms with Crippen molar-refractivity contribution < 1.29 is 4.74 Å². The van der Waals surface area contributed by atoms with E-state index in [1.807, 2.05) is 0 Å². The van der Waals surface area contributed by atoms with Crippen LogP contribution >= 0.6 is 0 Å². The van der Waals surface area contributed by atoms with Crippen LogP contribution in [0.4, 0.5) is 0 Å². The van der Waals surface area contributed by atoms with E-state index in [0.29, 0.717) is 6.04 Å². The molecule has 2 heteroatoms. The number of hydrogen-bond donors (Lipinski definition) is 1. The van der Waals surface area contributed by atoms with Gasteiger partial charge in [-0.1, -0.05) is 38.8 Å². The van der Waals surface area contributed by atoms with E-state index in [-0.39, 0.29) is 0 Å². The number of hydrogen-bond acceptors (Lipinski definition) is 2. The number of aryl methyl sites for hydroxylation is 1. The van der Waals surface area contributed by atoms with E-state index in [4.69, 9.17) is 4.74 Å². The first-order valence-electron chi connectivity index (χ1n) is 7.53. The molecular weight excluding hydrogens is 234 g/mol. The Morgan fingerprint density at radius 1 is 1.16 bits per heavy atom. The maximum absolute atomic E-state index is 5.66. The Morgan fingerprint density at radius 3 is 2.47 bits per heavy atom. The smallest absolute Gasteiger partial charge is 0.126 e. The van der Waals surface area contributed by atoms with Gasteiger partial charge < -0.3 is 10.1 Å². The number of methoxy groups -OCH3 is 1. The topological polar surface area (TPSA) is 21.3 Å². The van der Waals surface area contributed by atoms with Crippen LogP contribution in [-0.2, 0) is 0 Å². The zero-order valence-corrected chi connectivity index (χ0v) is 13.2. The minimum atomic E-state index is 0.411. The van der Waals surface area contributed by atoms with Crippen LogP contribution in [0.1, 0.15) is 62.3 Å². The first kappa shape index (κ1) is 16.0. The molecule has 0 aliphatic carbocycles. The van der Waals surface area contributed by atoms with Gasteiger partial charge in [0.05, 0.1) is 7.11 Å². The molecule has 0 aliphatic heterocycles. The quantitative estimate of drug-likeness (QED) is 0.743. The highest BCUT2D eigenvalue weighted by Gasteiger charge is 2.17. The van der Waals surface area contributed by atoms with Gasteiger partial charge in [-0.05, 0) is 44.4 Å². The molecular formula is C17H29NO. The van der Waals surface area contributed by atoms with Crippen molar-refractivity contribution in [2.24, 2.45) is 0 Å². The Labute approximate surface area is 118 Å². The summed E-state index contributed by atoms with van der Waals surface area (Å²) in [5.74, 6) is 1.06. The van der Waals surface area contributed by atoms with Gasteiger partial charge in [0.15, 0.2) is 0 Å². The lowest BCUT2D eigenvalue weighted by Gasteiger charge is -2.23. The van der Waals surface area contributed by atoms with Crippen molar-refractivity contribution in [3.63, 3.8) is 0 Å².